The van der Waals surface area contributed by atoms with Crippen LogP contribution >= 0.6 is 0 Å². The molecule has 0 spiro atoms. The number of benzene rings is 3. The minimum atomic E-state index is -0.856. The van der Waals surface area contributed by atoms with Crippen LogP contribution < -0.4 is 16.0 Å². The topological polar surface area (TPSA) is 125 Å². The van der Waals surface area contributed by atoms with Crippen LogP contribution in [0.25, 0.3) is 10.8 Å². The third-order valence-electron chi connectivity index (χ3n) is 7.99. The molecule has 0 aromatic heterocycles. The van der Waals surface area contributed by atoms with E-state index in [-0.39, 0.29) is 55.1 Å². The average molecular weight is 601 g/mol. The molecule has 44 heavy (non-hydrogen) atoms. The van der Waals surface area contributed by atoms with Crippen LogP contribution in [0, 0.1) is 5.92 Å². The number of carbonyl (C=O) groups excluding carboxylic acids is 5. The minimum Gasteiger partial charge on any atom is -0.356 e. The molecule has 3 aromatic rings. The largest absolute Gasteiger partial charge is 0.356 e. The van der Waals surface area contributed by atoms with Crippen LogP contribution in [0.15, 0.2) is 72.8 Å². The predicted octanol–water partition coefficient (Wildman–Crippen LogP) is 3.58. The first kappa shape index (κ1) is 34.0. The zero-order valence-corrected chi connectivity index (χ0v) is 25.9. The highest BCUT2D eigenvalue weighted by Gasteiger charge is 2.29. The number of amides is 4. The first-order chi connectivity index (χ1) is 21.2. The second-order valence-corrected chi connectivity index (χ2v) is 11.4. The van der Waals surface area contributed by atoms with Gasteiger partial charge in [-0.1, -0.05) is 72.8 Å². The lowest BCUT2D eigenvalue weighted by molar-refractivity contribution is -0.137. The molecule has 1 saturated heterocycles. The molecule has 0 saturated carbocycles. The second kappa shape index (κ2) is 16.9. The molecule has 9 nitrogen and oxygen atoms in total. The Morgan fingerprint density at radius 2 is 1.64 bits per heavy atom. The number of carbonyl (C=O) groups is 5. The number of nitrogens with zero attached hydrogens (tertiary/aromatic N) is 1. The first-order valence-corrected chi connectivity index (χ1v) is 15.2. The normalized spacial score (nSPS) is 15.5. The SMILES string of the molecule is C=O.CC(C)N(C(=O)CNC(=O)C(Cc1cccc2ccccc12)NC(=O)Cc1ccccc1)C(C)CCC1CCNC1=O. The summed E-state index contributed by atoms with van der Waals surface area (Å²) in [6.45, 7) is 8.42. The van der Waals surface area contributed by atoms with E-state index >= 15 is 0 Å². The maximum absolute atomic E-state index is 13.5. The monoisotopic (exact) mass is 600 g/mol. The highest BCUT2D eigenvalue weighted by Crippen LogP contribution is 2.21. The summed E-state index contributed by atoms with van der Waals surface area (Å²) < 4.78 is 0. The molecular weight excluding hydrogens is 556 g/mol. The Balaban J connectivity index is 0.00000259. The Hall–Kier alpha value is -4.53. The maximum atomic E-state index is 13.5. The van der Waals surface area contributed by atoms with E-state index in [0.29, 0.717) is 13.0 Å². The summed E-state index contributed by atoms with van der Waals surface area (Å²) in [6.07, 6.45) is 2.68. The lowest BCUT2D eigenvalue weighted by Crippen LogP contribution is -2.52. The molecule has 0 radical (unpaired) electrons. The summed E-state index contributed by atoms with van der Waals surface area (Å²) in [4.78, 5) is 61.7. The molecule has 3 aromatic carbocycles. The summed E-state index contributed by atoms with van der Waals surface area (Å²) in [5, 5.41) is 10.7. The van der Waals surface area contributed by atoms with Gasteiger partial charge in [-0.15, -0.1) is 0 Å². The van der Waals surface area contributed by atoms with Crippen molar-refractivity contribution in [1.82, 2.24) is 20.9 Å². The van der Waals surface area contributed by atoms with Gasteiger partial charge in [-0.05, 0) is 61.9 Å². The summed E-state index contributed by atoms with van der Waals surface area (Å²) in [7, 11) is 0. The van der Waals surface area contributed by atoms with Crippen LogP contribution in [0.4, 0.5) is 0 Å². The van der Waals surface area contributed by atoms with E-state index in [1.807, 2.05) is 100 Å². The third-order valence-corrected chi connectivity index (χ3v) is 7.99. The number of fused-ring (bicyclic) bond motifs is 1. The van der Waals surface area contributed by atoms with Gasteiger partial charge in [-0.25, -0.2) is 0 Å². The summed E-state index contributed by atoms with van der Waals surface area (Å²) in [5.41, 5.74) is 1.79. The van der Waals surface area contributed by atoms with Crippen LogP contribution in [-0.2, 0) is 36.8 Å². The van der Waals surface area contributed by atoms with Crippen molar-refractivity contribution in [3.05, 3.63) is 83.9 Å². The molecule has 0 bridgehead atoms. The molecule has 1 heterocycles. The van der Waals surface area contributed by atoms with Crippen LogP contribution in [0.3, 0.4) is 0 Å². The van der Waals surface area contributed by atoms with Gasteiger partial charge in [0.05, 0.1) is 13.0 Å². The molecule has 1 fully saturated rings. The van der Waals surface area contributed by atoms with Crippen LogP contribution in [0.5, 0.6) is 0 Å². The molecule has 1 aliphatic heterocycles. The number of nitrogens with one attached hydrogen (secondary N) is 3. The predicted molar refractivity (Wildman–Crippen MR) is 172 cm³/mol. The second-order valence-electron chi connectivity index (χ2n) is 11.4. The highest BCUT2D eigenvalue weighted by molar-refractivity contribution is 5.92. The number of hydrogen-bond donors (Lipinski definition) is 3. The Kier molecular flexibility index (Phi) is 13.1. The van der Waals surface area contributed by atoms with Gasteiger partial charge < -0.3 is 25.6 Å². The molecule has 4 amide bonds. The quantitative estimate of drug-likeness (QED) is 0.277. The van der Waals surface area contributed by atoms with E-state index in [0.717, 1.165) is 34.7 Å². The molecule has 1 aliphatic rings. The van der Waals surface area contributed by atoms with Crippen molar-refractivity contribution >= 4 is 41.2 Å². The van der Waals surface area contributed by atoms with Crippen molar-refractivity contribution in [3.8, 4) is 0 Å². The molecule has 234 valence electrons. The fourth-order valence-corrected chi connectivity index (χ4v) is 5.85. The fraction of sp³-hybridized carbons (Fsp3) is 0.400. The molecule has 3 N–H and O–H groups in total. The molecule has 9 heteroatoms. The molecule has 0 aliphatic carbocycles. The van der Waals surface area contributed by atoms with Crippen molar-refractivity contribution in [2.24, 2.45) is 5.92 Å². The standard InChI is InChI=1S/C34H42N4O4.CH2O/c1-23(2)38(24(3)16-17-27-18-19-35-33(27)41)32(40)22-36-34(42)30(37-31(39)20-25-10-5-4-6-11-25)21-28-14-9-13-26-12-7-8-15-29(26)28;1-2/h4-15,23-24,27,30H,16-22H2,1-3H3,(H,35,41)(H,36,42)(H,37,39);1H2. The van der Waals surface area contributed by atoms with E-state index in [2.05, 4.69) is 16.0 Å². The van der Waals surface area contributed by atoms with Gasteiger partial charge in [0.1, 0.15) is 12.8 Å². The van der Waals surface area contributed by atoms with E-state index in [4.69, 9.17) is 4.79 Å². The van der Waals surface area contributed by atoms with Crippen molar-refractivity contribution in [3.63, 3.8) is 0 Å². The smallest absolute Gasteiger partial charge is 0.243 e. The third kappa shape index (κ3) is 9.49. The van der Waals surface area contributed by atoms with Crippen LogP contribution in [-0.4, -0.2) is 66.5 Å². The van der Waals surface area contributed by atoms with E-state index in [9.17, 15) is 19.2 Å². The van der Waals surface area contributed by atoms with Crippen molar-refractivity contribution in [2.45, 2.75) is 71.0 Å². The molecule has 3 atom stereocenters. The van der Waals surface area contributed by atoms with E-state index in [1.165, 1.54) is 0 Å². The Labute approximate surface area is 259 Å². The molecule has 4 rings (SSSR count). The number of hydrogen-bond acceptors (Lipinski definition) is 5. The zero-order valence-electron chi connectivity index (χ0n) is 25.9. The van der Waals surface area contributed by atoms with Gasteiger partial charge in [0.25, 0.3) is 0 Å². The first-order valence-electron chi connectivity index (χ1n) is 15.2. The van der Waals surface area contributed by atoms with Gasteiger partial charge in [-0.3, -0.25) is 19.2 Å². The fourth-order valence-electron chi connectivity index (χ4n) is 5.85. The van der Waals surface area contributed by atoms with Crippen molar-refractivity contribution in [1.29, 1.82) is 0 Å². The van der Waals surface area contributed by atoms with Crippen molar-refractivity contribution in [2.75, 3.05) is 13.1 Å². The van der Waals surface area contributed by atoms with Gasteiger partial charge in [0.2, 0.25) is 23.6 Å². The van der Waals surface area contributed by atoms with Crippen LogP contribution in [0.2, 0.25) is 0 Å². The van der Waals surface area contributed by atoms with Gasteiger partial charge in [-0.2, -0.15) is 0 Å². The highest BCUT2D eigenvalue weighted by atomic mass is 16.2. The molecule has 3 unspecified atom stereocenters. The number of rotatable bonds is 13. The summed E-state index contributed by atoms with van der Waals surface area (Å²) in [6, 6.07) is 22.2. The zero-order chi connectivity index (χ0) is 32.1. The molecular formula is C35H44N4O5. The van der Waals surface area contributed by atoms with E-state index in [1.54, 1.807) is 4.90 Å². The van der Waals surface area contributed by atoms with Gasteiger partial charge in [0, 0.05) is 31.0 Å². The van der Waals surface area contributed by atoms with Gasteiger partial charge >= 0.3 is 0 Å². The maximum Gasteiger partial charge on any atom is 0.243 e. The summed E-state index contributed by atoms with van der Waals surface area (Å²) >= 11 is 0. The Bertz CT molecular complexity index is 1410. The van der Waals surface area contributed by atoms with Gasteiger partial charge in [0.15, 0.2) is 0 Å². The van der Waals surface area contributed by atoms with Crippen molar-refractivity contribution < 1.29 is 24.0 Å². The Morgan fingerprint density at radius 3 is 2.32 bits per heavy atom. The minimum absolute atomic E-state index is 0.00871. The average Bonchev–Trinajstić information content (AvgIpc) is 3.44. The Morgan fingerprint density at radius 1 is 0.955 bits per heavy atom. The summed E-state index contributed by atoms with van der Waals surface area (Å²) in [5.74, 6) is -0.784. The van der Waals surface area contributed by atoms with Crippen LogP contribution in [0.1, 0.15) is 51.2 Å². The van der Waals surface area contributed by atoms with E-state index < -0.39 is 11.9 Å². The lowest BCUT2D eigenvalue weighted by Gasteiger charge is -2.33. The lowest BCUT2D eigenvalue weighted by atomic mass is 9.97.